The number of aromatic nitrogens is 5. The van der Waals surface area contributed by atoms with E-state index in [0.717, 1.165) is 33.3 Å². The largest absolute Gasteiger partial charge is 0.485 e. The van der Waals surface area contributed by atoms with Crippen molar-refractivity contribution in [3.63, 3.8) is 0 Å². The predicted octanol–water partition coefficient (Wildman–Crippen LogP) is 5.91. The Labute approximate surface area is 213 Å². The molecule has 0 amide bonds. The number of nitrogens with zero attached hydrogens (tertiary/aromatic N) is 5. The molecule has 7 nitrogen and oxygen atoms in total. The lowest BCUT2D eigenvalue weighted by atomic mass is 9.95. The second-order valence-corrected chi connectivity index (χ2v) is 11.0. The average molecular weight is 510 g/mol. The topological polar surface area (TPSA) is 82.8 Å². The molecule has 4 rings (SSSR count). The molecule has 9 heteroatoms. The minimum absolute atomic E-state index is 0.0218. The van der Waals surface area contributed by atoms with Crippen LogP contribution in [-0.4, -0.2) is 24.5 Å². The Morgan fingerprint density at radius 3 is 2.40 bits per heavy atom. The molecule has 0 aliphatic rings. The van der Waals surface area contributed by atoms with Crippen molar-refractivity contribution >= 4 is 22.9 Å². The number of pyridine rings is 2. The molecule has 0 bridgehead atoms. The second-order valence-electron chi connectivity index (χ2n) is 9.58. The summed E-state index contributed by atoms with van der Waals surface area (Å²) in [5.41, 5.74) is 4.77. The van der Waals surface area contributed by atoms with Gasteiger partial charge in [0.05, 0.1) is 27.8 Å². The Morgan fingerprint density at radius 1 is 1.03 bits per heavy atom. The summed E-state index contributed by atoms with van der Waals surface area (Å²) in [4.78, 5) is 31.7. The van der Waals surface area contributed by atoms with Crippen molar-refractivity contribution in [3.8, 4) is 22.8 Å². The molecule has 4 aromatic heterocycles. The number of aryl methyl sites for hydroxylation is 4. The normalized spacial score (nSPS) is 11.7. The van der Waals surface area contributed by atoms with Gasteiger partial charge in [-0.05, 0) is 44.9 Å². The van der Waals surface area contributed by atoms with E-state index < -0.39 is 0 Å². The van der Waals surface area contributed by atoms with Crippen molar-refractivity contribution in [2.75, 3.05) is 0 Å². The molecule has 0 radical (unpaired) electrons. The fourth-order valence-corrected chi connectivity index (χ4v) is 4.45. The molecule has 0 N–H and O–H groups in total. The van der Waals surface area contributed by atoms with Crippen molar-refractivity contribution in [3.05, 3.63) is 78.6 Å². The van der Waals surface area contributed by atoms with E-state index in [0.29, 0.717) is 22.8 Å². The van der Waals surface area contributed by atoms with Gasteiger partial charge in [0.15, 0.2) is 0 Å². The smallest absolute Gasteiger partial charge is 0.277 e. The summed E-state index contributed by atoms with van der Waals surface area (Å²) in [5.74, 6) is 1.07. The van der Waals surface area contributed by atoms with Gasteiger partial charge in [-0.1, -0.05) is 32.4 Å². The van der Waals surface area contributed by atoms with Crippen molar-refractivity contribution in [2.24, 2.45) is 0 Å². The molecule has 0 saturated carbocycles. The van der Waals surface area contributed by atoms with Gasteiger partial charge in [0.1, 0.15) is 23.2 Å². The molecule has 4 heterocycles. The lowest BCUT2D eigenvalue weighted by Gasteiger charge is -2.19. The molecule has 0 aliphatic heterocycles. The van der Waals surface area contributed by atoms with Gasteiger partial charge < -0.3 is 4.74 Å². The second kappa shape index (κ2) is 9.51. The first-order chi connectivity index (χ1) is 16.5. The van der Waals surface area contributed by atoms with Crippen molar-refractivity contribution in [1.29, 1.82) is 0 Å². The van der Waals surface area contributed by atoms with Crippen LogP contribution in [0.5, 0.6) is 5.75 Å². The Morgan fingerprint density at radius 2 is 1.74 bits per heavy atom. The van der Waals surface area contributed by atoms with E-state index in [1.165, 1.54) is 0 Å². The molecule has 0 spiro atoms. The van der Waals surface area contributed by atoms with Crippen LogP contribution >= 0.6 is 22.9 Å². The number of rotatable bonds is 5. The van der Waals surface area contributed by atoms with Gasteiger partial charge in [-0.15, -0.1) is 11.3 Å². The zero-order valence-corrected chi connectivity index (χ0v) is 22.5. The van der Waals surface area contributed by atoms with Gasteiger partial charge in [0, 0.05) is 34.9 Å². The zero-order valence-electron chi connectivity index (χ0n) is 20.9. The SMILES string of the molecule is Cc1nc(COc2cc(C)n(-c3cc(-c4nc(C(C)(C)C)ncc4C)ncc3C)c(=O)c2Cl)cs1. The molecule has 0 saturated heterocycles. The van der Waals surface area contributed by atoms with Crippen LogP contribution in [0.15, 0.2) is 34.7 Å². The summed E-state index contributed by atoms with van der Waals surface area (Å²) in [6, 6.07) is 3.65. The molecule has 0 fully saturated rings. The van der Waals surface area contributed by atoms with Crippen LogP contribution in [0.4, 0.5) is 0 Å². The summed E-state index contributed by atoms with van der Waals surface area (Å²) in [6.45, 7) is 14.1. The third-order valence-electron chi connectivity index (χ3n) is 5.54. The van der Waals surface area contributed by atoms with E-state index in [4.69, 9.17) is 21.3 Å². The molecule has 0 unspecified atom stereocenters. The Kier molecular flexibility index (Phi) is 6.79. The number of thiazole rings is 1. The van der Waals surface area contributed by atoms with Gasteiger partial charge in [-0.3, -0.25) is 14.3 Å². The summed E-state index contributed by atoms with van der Waals surface area (Å²) in [5, 5.41) is 2.91. The Balaban J connectivity index is 1.76. The van der Waals surface area contributed by atoms with E-state index in [9.17, 15) is 4.79 Å². The van der Waals surface area contributed by atoms with Crippen LogP contribution in [0.25, 0.3) is 17.1 Å². The lowest BCUT2D eigenvalue weighted by molar-refractivity contribution is 0.301. The highest BCUT2D eigenvalue weighted by Crippen LogP contribution is 2.29. The van der Waals surface area contributed by atoms with E-state index in [1.54, 1.807) is 28.2 Å². The van der Waals surface area contributed by atoms with Gasteiger partial charge >= 0.3 is 0 Å². The summed E-state index contributed by atoms with van der Waals surface area (Å²) < 4.78 is 7.43. The fraction of sp³-hybridized carbons (Fsp3) is 0.346. The Bertz CT molecular complexity index is 1470. The average Bonchev–Trinajstić information content (AvgIpc) is 3.21. The molecule has 0 aromatic carbocycles. The maximum absolute atomic E-state index is 13.4. The molecular formula is C26H28ClN5O2S. The molecule has 0 aliphatic carbocycles. The maximum Gasteiger partial charge on any atom is 0.277 e. The van der Waals surface area contributed by atoms with Crippen molar-refractivity contribution in [2.45, 2.75) is 60.5 Å². The molecule has 182 valence electrons. The van der Waals surface area contributed by atoms with Crippen LogP contribution in [0.1, 0.15) is 54.1 Å². The van der Waals surface area contributed by atoms with E-state index in [1.807, 2.05) is 45.3 Å². The van der Waals surface area contributed by atoms with Gasteiger partial charge in [-0.2, -0.15) is 0 Å². The highest BCUT2D eigenvalue weighted by atomic mass is 35.5. The first-order valence-corrected chi connectivity index (χ1v) is 12.5. The summed E-state index contributed by atoms with van der Waals surface area (Å²) in [6.07, 6.45) is 3.56. The molecule has 4 aromatic rings. The first-order valence-electron chi connectivity index (χ1n) is 11.2. The third kappa shape index (κ3) is 5.13. The summed E-state index contributed by atoms with van der Waals surface area (Å²) >= 11 is 8.03. The fourth-order valence-electron chi connectivity index (χ4n) is 3.66. The zero-order chi connectivity index (χ0) is 25.5. The van der Waals surface area contributed by atoms with Crippen molar-refractivity contribution in [1.82, 2.24) is 24.5 Å². The van der Waals surface area contributed by atoms with Crippen LogP contribution in [0.3, 0.4) is 0 Å². The van der Waals surface area contributed by atoms with Crippen molar-refractivity contribution < 1.29 is 4.74 Å². The van der Waals surface area contributed by atoms with Crippen LogP contribution < -0.4 is 10.3 Å². The third-order valence-corrected chi connectivity index (χ3v) is 6.71. The highest BCUT2D eigenvalue weighted by Gasteiger charge is 2.21. The van der Waals surface area contributed by atoms with Gasteiger partial charge in [0.25, 0.3) is 5.56 Å². The minimum Gasteiger partial charge on any atom is -0.485 e. The van der Waals surface area contributed by atoms with E-state index in [2.05, 4.69) is 35.7 Å². The molecule has 35 heavy (non-hydrogen) atoms. The maximum atomic E-state index is 13.4. The standard InChI is InChI=1S/C26H28ClN5O2S/c1-14-10-28-19(23-15(2)11-29-25(31-23)26(5,6)7)9-20(14)32-16(3)8-21(22(27)24(32)33)34-12-18-13-35-17(4)30-18/h8-11,13H,12H2,1-7H3. The molecule has 0 atom stereocenters. The van der Waals surface area contributed by atoms with E-state index in [-0.39, 0.29) is 22.6 Å². The van der Waals surface area contributed by atoms with Gasteiger partial charge in [0.2, 0.25) is 0 Å². The van der Waals surface area contributed by atoms with Crippen LogP contribution in [-0.2, 0) is 12.0 Å². The first kappa shape index (κ1) is 25.0. The monoisotopic (exact) mass is 509 g/mol. The number of hydrogen-bond acceptors (Lipinski definition) is 7. The quantitative estimate of drug-likeness (QED) is 0.332. The Hall–Kier alpha value is -3.10. The van der Waals surface area contributed by atoms with E-state index >= 15 is 0 Å². The summed E-state index contributed by atoms with van der Waals surface area (Å²) in [7, 11) is 0. The van der Waals surface area contributed by atoms with Crippen LogP contribution in [0, 0.1) is 27.7 Å². The highest BCUT2D eigenvalue weighted by molar-refractivity contribution is 7.09. The minimum atomic E-state index is -0.355. The number of ether oxygens (including phenoxy) is 1. The van der Waals surface area contributed by atoms with Crippen LogP contribution in [0.2, 0.25) is 5.02 Å². The number of hydrogen-bond donors (Lipinski definition) is 0. The predicted molar refractivity (Wildman–Crippen MR) is 140 cm³/mol. The van der Waals surface area contributed by atoms with Gasteiger partial charge in [-0.25, -0.2) is 15.0 Å². The molecular weight excluding hydrogens is 482 g/mol. The number of halogens is 1. The lowest BCUT2D eigenvalue weighted by Crippen LogP contribution is -2.23.